The van der Waals surface area contributed by atoms with Gasteiger partial charge in [0.1, 0.15) is 17.7 Å². The van der Waals surface area contributed by atoms with Crippen molar-refractivity contribution < 1.29 is 0 Å². The fourth-order valence-electron chi connectivity index (χ4n) is 3.89. The highest BCUT2D eigenvalue weighted by Crippen LogP contribution is 2.36. The van der Waals surface area contributed by atoms with Crippen molar-refractivity contribution in [3.05, 3.63) is 54.4 Å². The standard InChI is InChI=1S/C19H17N7/c20-8-12-1-4-17(22-9-12)25-14-3-2-13(7-14)19-24-11-15-10-23-18-16(26(15)19)5-6-21-18/h1,4-6,9-11,13-14,21H,2-3,7H2,(H,22,25)/t13-,14+/m0/s1. The molecule has 0 aromatic carbocycles. The molecule has 0 bridgehead atoms. The van der Waals surface area contributed by atoms with Gasteiger partial charge in [0.05, 0.1) is 29.0 Å². The molecular formula is C19H17N7. The molecule has 2 N–H and O–H groups in total. The second-order valence-corrected chi connectivity index (χ2v) is 6.74. The van der Waals surface area contributed by atoms with E-state index in [0.717, 1.165) is 47.6 Å². The number of anilines is 1. The van der Waals surface area contributed by atoms with E-state index in [-0.39, 0.29) is 0 Å². The van der Waals surface area contributed by atoms with Crippen LogP contribution in [0.2, 0.25) is 0 Å². The van der Waals surface area contributed by atoms with Crippen molar-refractivity contribution in [1.82, 2.24) is 24.3 Å². The Hall–Kier alpha value is -3.40. The van der Waals surface area contributed by atoms with Gasteiger partial charge in [0.2, 0.25) is 0 Å². The maximum Gasteiger partial charge on any atom is 0.154 e. The molecule has 4 aromatic heterocycles. The van der Waals surface area contributed by atoms with Crippen molar-refractivity contribution in [3.8, 4) is 6.07 Å². The summed E-state index contributed by atoms with van der Waals surface area (Å²) in [7, 11) is 0. The molecule has 2 atom stereocenters. The number of aromatic amines is 1. The van der Waals surface area contributed by atoms with Crippen molar-refractivity contribution in [2.45, 2.75) is 31.2 Å². The van der Waals surface area contributed by atoms with Crippen LogP contribution >= 0.6 is 0 Å². The predicted octanol–water partition coefficient (Wildman–Crippen LogP) is 3.23. The first-order chi connectivity index (χ1) is 12.8. The maximum absolute atomic E-state index is 8.87. The van der Waals surface area contributed by atoms with Gasteiger partial charge in [0.15, 0.2) is 5.65 Å². The van der Waals surface area contributed by atoms with Crippen molar-refractivity contribution in [1.29, 1.82) is 5.26 Å². The third-order valence-electron chi connectivity index (χ3n) is 5.13. The molecule has 1 aliphatic rings. The summed E-state index contributed by atoms with van der Waals surface area (Å²) in [6.45, 7) is 0. The normalized spacial score (nSPS) is 19.8. The lowest BCUT2D eigenvalue weighted by atomic mass is 10.1. The van der Waals surface area contributed by atoms with Crippen LogP contribution in [0.4, 0.5) is 5.82 Å². The molecule has 0 radical (unpaired) electrons. The number of hydrogen-bond donors (Lipinski definition) is 2. The fourth-order valence-corrected chi connectivity index (χ4v) is 3.89. The first kappa shape index (κ1) is 14.9. The molecule has 5 rings (SSSR count). The van der Waals surface area contributed by atoms with Gasteiger partial charge in [0, 0.05) is 24.4 Å². The van der Waals surface area contributed by atoms with E-state index in [1.165, 1.54) is 0 Å². The van der Waals surface area contributed by atoms with Crippen LogP contribution in [0.3, 0.4) is 0 Å². The molecule has 0 saturated heterocycles. The molecule has 4 heterocycles. The van der Waals surface area contributed by atoms with Gasteiger partial charge in [-0.2, -0.15) is 5.26 Å². The Bertz CT molecular complexity index is 1120. The highest BCUT2D eigenvalue weighted by atomic mass is 15.1. The quantitative estimate of drug-likeness (QED) is 0.595. The van der Waals surface area contributed by atoms with Crippen molar-refractivity contribution in [2.24, 2.45) is 0 Å². The summed E-state index contributed by atoms with van der Waals surface area (Å²) in [6.07, 6.45) is 10.4. The van der Waals surface area contributed by atoms with E-state index in [1.807, 2.05) is 30.7 Å². The van der Waals surface area contributed by atoms with Gasteiger partial charge >= 0.3 is 0 Å². The van der Waals surface area contributed by atoms with Gasteiger partial charge in [-0.15, -0.1) is 0 Å². The first-order valence-corrected chi connectivity index (χ1v) is 8.74. The number of H-pyrrole nitrogens is 1. The largest absolute Gasteiger partial charge is 0.367 e. The Kier molecular flexibility index (Phi) is 3.35. The number of hydrogen-bond acceptors (Lipinski definition) is 5. The number of nitriles is 1. The van der Waals surface area contributed by atoms with Gasteiger partial charge < -0.3 is 10.3 Å². The monoisotopic (exact) mass is 343 g/mol. The molecule has 128 valence electrons. The zero-order valence-corrected chi connectivity index (χ0v) is 14.1. The minimum atomic E-state index is 0.358. The molecule has 1 aliphatic carbocycles. The minimum absolute atomic E-state index is 0.358. The number of imidazole rings is 1. The summed E-state index contributed by atoms with van der Waals surface area (Å²) in [4.78, 5) is 16.6. The lowest BCUT2D eigenvalue weighted by Crippen LogP contribution is -2.16. The number of nitrogens with one attached hydrogen (secondary N) is 2. The number of aromatic nitrogens is 5. The van der Waals surface area contributed by atoms with E-state index >= 15 is 0 Å². The van der Waals surface area contributed by atoms with E-state index in [2.05, 4.69) is 30.7 Å². The first-order valence-electron chi connectivity index (χ1n) is 8.74. The topological polar surface area (TPSA) is 94.7 Å². The predicted molar refractivity (Wildman–Crippen MR) is 97.8 cm³/mol. The Morgan fingerprint density at radius 3 is 2.88 bits per heavy atom. The molecule has 7 heteroatoms. The summed E-state index contributed by atoms with van der Waals surface area (Å²) in [5, 5.41) is 12.4. The third-order valence-corrected chi connectivity index (χ3v) is 5.13. The van der Waals surface area contributed by atoms with Crippen LogP contribution in [0, 0.1) is 11.3 Å². The summed E-state index contributed by atoms with van der Waals surface area (Å²) in [5.41, 5.74) is 3.55. The fraction of sp³-hybridized carbons (Fsp3) is 0.263. The summed E-state index contributed by atoms with van der Waals surface area (Å²) < 4.78 is 2.21. The van der Waals surface area contributed by atoms with Gasteiger partial charge in [-0.25, -0.2) is 15.0 Å². The van der Waals surface area contributed by atoms with Crippen molar-refractivity contribution in [3.63, 3.8) is 0 Å². The van der Waals surface area contributed by atoms with Crippen LogP contribution in [-0.4, -0.2) is 30.4 Å². The third kappa shape index (κ3) is 2.39. The van der Waals surface area contributed by atoms with E-state index < -0.39 is 0 Å². The lowest BCUT2D eigenvalue weighted by molar-refractivity contribution is 0.657. The summed E-state index contributed by atoms with van der Waals surface area (Å²) >= 11 is 0. The minimum Gasteiger partial charge on any atom is -0.367 e. The molecule has 26 heavy (non-hydrogen) atoms. The van der Waals surface area contributed by atoms with Crippen LogP contribution in [0.15, 0.2) is 43.0 Å². The average molecular weight is 343 g/mol. The number of fused-ring (bicyclic) bond motifs is 3. The molecule has 4 aromatic rings. The summed E-state index contributed by atoms with van der Waals surface area (Å²) in [5.74, 6) is 2.32. The van der Waals surface area contributed by atoms with Crippen LogP contribution in [0.5, 0.6) is 0 Å². The second kappa shape index (κ2) is 5.85. The molecule has 0 amide bonds. The van der Waals surface area contributed by atoms with Gasteiger partial charge in [0.25, 0.3) is 0 Å². The van der Waals surface area contributed by atoms with Crippen molar-refractivity contribution >= 4 is 22.5 Å². The SMILES string of the molecule is N#Cc1ccc(N[C@@H]2CC[C@H](c3ncc4cnc5[nH]ccc5n34)C2)nc1. The van der Waals surface area contributed by atoms with E-state index in [9.17, 15) is 0 Å². The Balaban J connectivity index is 1.39. The van der Waals surface area contributed by atoms with Gasteiger partial charge in [-0.3, -0.25) is 4.40 Å². The molecular weight excluding hydrogens is 326 g/mol. The molecule has 1 saturated carbocycles. The zero-order valence-electron chi connectivity index (χ0n) is 14.1. The zero-order chi connectivity index (χ0) is 17.5. The van der Waals surface area contributed by atoms with E-state index in [1.54, 1.807) is 12.3 Å². The maximum atomic E-state index is 8.87. The Morgan fingerprint density at radius 1 is 1.12 bits per heavy atom. The van der Waals surface area contributed by atoms with Crippen LogP contribution in [-0.2, 0) is 0 Å². The lowest BCUT2D eigenvalue weighted by Gasteiger charge is -2.14. The molecule has 1 fully saturated rings. The summed E-state index contributed by atoms with van der Waals surface area (Å²) in [6, 6.07) is 8.16. The highest BCUT2D eigenvalue weighted by Gasteiger charge is 2.29. The van der Waals surface area contributed by atoms with Gasteiger partial charge in [-0.1, -0.05) is 0 Å². The number of pyridine rings is 1. The average Bonchev–Trinajstić information content (AvgIpc) is 3.40. The van der Waals surface area contributed by atoms with Crippen LogP contribution in [0.25, 0.3) is 16.7 Å². The van der Waals surface area contributed by atoms with Crippen molar-refractivity contribution in [2.75, 3.05) is 5.32 Å². The smallest absolute Gasteiger partial charge is 0.154 e. The van der Waals surface area contributed by atoms with E-state index in [4.69, 9.17) is 10.2 Å². The van der Waals surface area contributed by atoms with Crippen LogP contribution < -0.4 is 5.32 Å². The molecule has 0 spiro atoms. The highest BCUT2D eigenvalue weighted by molar-refractivity contribution is 5.75. The molecule has 0 unspecified atom stereocenters. The van der Waals surface area contributed by atoms with E-state index in [0.29, 0.717) is 17.5 Å². The molecule has 0 aliphatic heterocycles. The van der Waals surface area contributed by atoms with Gasteiger partial charge in [-0.05, 0) is 37.5 Å². The van der Waals surface area contributed by atoms with Crippen LogP contribution in [0.1, 0.15) is 36.6 Å². The second-order valence-electron chi connectivity index (χ2n) is 6.74. The molecule has 7 nitrogen and oxygen atoms in total. The Labute approximate surface area is 149 Å². The number of rotatable bonds is 3. The number of nitrogens with zero attached hydrogens (tertiary/aromatic N) is 5. The Morgan fingerprint density at radius 2 is 2.04 bits per heavy atom.